The standard InChI is InChI=1S/C19H19NO4/c1-11-12(2)24-18-14(11)4-3-5-15(18)19(21)20-9-13-6-7-16-17(8-13)23-10-22-16/h3-8,11-12H,9-10H2,1-2H3,(H,20,21)/t11-,12-/m1/s1. The van der Waals surface area contributed by atoms with E-state index in [0.717, 1.165) is 16.9 Å². The van der Waals surface area contributed by atoms with Crippen LogP contribution in [0.3, 0.4) is 0 Å². The van der Waals surface area contributed by atoms with Crippen molar-refractivity contribution < 1.29 is 19.0 Å². The number of benzene rings is 2. The molecule has 2 aromatic rings. The second-order valence-electron chi connectivity index (χ2n) is 6.21. The topological polar surface area (TPSA) is 56.8 Å². The molecule has 0 aliphatic carbocycles. The van der Waals surface area contributed by atoms with Gasteiger partial charge >= 0.3 is 0 Å². The number of nitrogens with one attached hydrogen (secondary N) is 1. The van der Waals surface area contributed by atoms with Crippen molar-refractivity contribution in [2.45, 2.75) is 32.4 Å². The van der Waals surface area contributed by atoms with Crippen LogP contribution < -0.4 is 19.5 Å². The molecule has 2 atom stereocenters. The van der Waals surface area contributed by atoms with Gasteiger partial charge in [-0.05, 0) is 30.7 Å². The molecule has 2 aromatic carbocycles. The molecule has 0 bridgehead atoms. The van der Waals surface area contributed by atoms with Crippen molar-refractivity contribution in [2.24, 2.45) is 0 Å². The van der Waals surface area contributed by atoms with Gasteiger partial charge in [0.05, 0.1) is 5.56 Å². The molecule has 1 amide bonds. The van der Waals surface area contributed by atoms with Crippen LogP contribution in [-0.2, 0) is 6.54 Å². The minimum Gasteiger partial charge on any atom is -0.489 e. The predicted molar refractivity (Wildman–Crippen MR) is 88.7 cm³/mol. The van der Waals surface area contributed by atoms with Crippen LogP contribution in [-0.4, -0.2) is 18.8 Å². The van der Waals surface area contributed by atoms with Crippen molar-refractivity contribution in [1.29, 1.82) is 0 Å². The van der Waals surface area contributed by atoms with E-state index in [1.807, 2.05) is 37.3 Å². The van der Waals surface area contributed by atoms with E-state index in [4.69, 9.17) is 14.2 Å². The highest BCUT2D eigenvalue weighted by atomic mass is 16.7. The smallest absolute Gasteiger partial charge is 0.255 e. The summed E-state index contributed by atoms with van der Waals surface area (Å²) in [6, 6.07) is 11.4. The Morgan fingerprint density at radius 3 is 2.88 bits per heavy atom. The molecule has 0 fully saturated rings. The van der Waals surface area contributed by atoms with Gasteiger partial charge in [-0.1, -0.05) is 25.1 Å². The molecule has 0 spiro atoms. The van der Waals surface area contributed by atoms with Gasteiger partial charge in [0.25, 0.3) is 5.91 Å². The van der Waals surface area contributed by atoms with Crippen LogP contribution >= 0.6 is 0 Å². The van der Waals surface area contributed by atoms with Crippen molar-refractivity contribution in [2.75, 3.05) is 6.79 Å². The van der Waals surface area contributed by atoms with Gasteiger partial charge in [0.1, 0.15) is 11.9 Å². The third kappa shape index (κ3) is 2.46. The monoisotopic (exact) mass is 325 g/mol. The predicted octanol–water partition coefficient (Wildman–Crippen LogP) is 3.23. The first-order valence-electron chi connectivity index (χ1n) is 8.10. The second kappa shape index (κ2) is 5.74. The fourth-order valence-corrected chi connectivity index (χ4v) is 3.09. The summed E-state index contributed by atoms with van der Waals surface area (Å²) < 4.78 is 16.5. The van der Waals surface area contributed by atoms with Crippen LogP contribution in [0, 0.1) is 0 Å². The molecule has 5 nitrogen and oxygen atoms in total. The van der Waals surface area contributed by atoms with Gasteiger partial charge in [-0.15, -0.1) is 0 Å². The van der Waals surface area contributed by atoms with Gasteiger partial charge < -0.3 is 19.5 Å². The molecule has 2 aliphatic rings. The Balaban J connectivity index is 1.50. The summed E-state index contributed by atoms with van der Waals surface area (Å²) in [5.74, 6) is 2.32. The summed E-state index contributed by atoms with van der Waals surface area (Å²) in [7, 11) is 0. The van der Waals surface area contributed by atoms with E-state index in [1.54, 1.807) is 6.07 Å². The lowest BCUT2D eigenvalue weighted by molar-refractivity contribution is 0.0946. The number of carbonyl (C=O) groups excluding carboxylic acids is 1. The first-order valence-corrected chi connectivity index (χ1v) is 8.10. The second-order valence-corrected chi connectivity index (χ2v) is 6.21. The van der Waals surface area contributed by atoms with E-state index < -0.39 is 0 Å². The lowest BCUT2D eigenvalue weighted by Gasteiger charge is -2.10. The van der Waals surface area contributed by atoms with Gasteiger partial charge in [-0.3, -0.25) is 4.79 Å². The average Bonchev–Trinajstić information content (AvgIpc) is 3.17. The maximum absolute atomic E-state index is 12.6. The van der Waals surface area contributed by atoms with Crippen LogP contribution in [0.25, 0.3) is 0 Å². The van der Waals surface area contributed by atoms with E-state index >= 15 is 0 Å². The average molecular weight is 325 g/mol. The molecule has 0 unspecified atom stereocenters. The van der Waals surface area contributed by atoms with Crippen LogP contribution in [0.4, 0.5) is 0 Å². The van der Waals surface area contributed by atoms with Crippen LogP contribution in [0.15, 0.2) is 36.4 Å². The Labute approximate surface area is 140 Å². The summed E-state index contributed by atoms with van der Waals surface area (Å²) in [6.07, 6.45) is 0.0859. The molecular formula is C19H19NO4. The highest BCUT2D eigenvalue weighted by molar-refractivity contribution is 5.97. The molecule has 124 valence electrons. The molecule has 0 saturated carbocycles. The van der Waals surface area contributed by atoms with Gasteiger partial charge in [-0.2, -0.15) is 0 Å². The lowest BCUT2D eigenvalue weighted by atomic mass is 9.97. The zero-order valence-corrected chi connectivity index (χ0v) is 13.7. The SMILES string of the molecule is C[C@H]1Oc2c(C(=O)NCc3ccc4c(c3)OCO4)cccc2[C@@H]1C. The molecule has 1 N–H and O–H groups in total. The molecule has 0 radical (unpaired) electrons. The van der Waals surface area contributed by atoms with E-state index in [1.165, 1.54) is 0 Å². The maximum atomic E-state index is 12.6. The van der Waals surface area contributed by atoms with Crippen LogP contribution in [0.2, 0.25) is 0 Å². The maximum Gasteiger partial charge on any atom is 0.255 e. The number of hydrogen-bond acceptors (Lipinski definition) is 4. The van der Waals surface area contributed by atoms with Gasteiger partial charge in [-0.25, -0.2) is 0 Å². The Kier molecular flexibility index (Phi) is 3.56. The minimum atomic E-state index is -0.134. The molecule has 2 aliphatic heterocycles. The third-order valence-corrected chi connectivity index (χ3v) is 4.68. The number of hydrogen-bond donors (Lipinski definition) is 1. The molecule has 4 rings (SSSR count). The van der Waals surface area contributed by atoms with E-state index in [9.17, 15) is 4.79 Å². The first-order chi connectivity index (χ1) is 11.6. The van der Waals surface area contributed by atoms with E-state index in [2.05, 4.69) is 12.2 Å². The summed E-state index contributed by atoms with van der Waals surface area (Å²) in [5.41, 5.74) is 2.64. The zero-order chi connectivity index (χ0) is 16.7. The van der Waals surface area contributed by atoms with Crippen LogP contribution in [0.1, 0.15) is 41.3 Å². The molecule has 5 heteroatoms. The fourth-order valence-electron chi connectivity index (χ4n) is 3.09. The zero-order valence-electron chi connectivity index (χ0n) is 13.7. The van der Waals surface area contributed by atoms with Gasteiger partial charge in [0, 0.05) is 18.0 Å². The number of fused-ring (bicyclic) bond motifs is 2. The Bertz CT molecular complexity index is 802. The number of para-hydroxylation sites is 1. The van der Waals surface area contributed by atoms with Crippen molar-refractivity contribution in [1.82, 2.24) is 5.32 Å². The largest absolute Gasteiger partial charge is 0.489 e. The van der Waals surface area contributed by atoms with Crippen molar-refractivity contribution >= 4 is 5.91 Å². The van der Waals surface area contributed by atoms with Crippen LogP contribution in [0.5, 0.6) is 17.2 Å². The van der Waals surface area contributed by atoms with Crippen molar-refractivity contribution in [3.63, 3.8) is 0 Å². The van der Waals surface area contributed by atoms with Crippen molar-refractivity contribution in [3.05, 3.63) is 53.1 Å². The first kappa shape index (κ1) is 14.9. The lowest BCUT2D eigenvalue weighted by Crippen LogP contribution is -2.23. The summed E-state index contributed by atoms with van der Waals surface area (Å²) >= 11 is 0. The third-order valence-electron chi connectivity index (χ3n) is 4.68. The quantitative estimate of drug-likeness (QED) is 0.941. The van der Waals surface area contributed by atoms with E-state index in [0.29, 0.717) is 29.5 Å². The summed E-state index contributed by atoms with van der Waals surface area (Å²) in [4.78, 5) is 12.6. The fraction of sp³-hybridized carbons (Fsp3) is 0.316. The number of rotatable bonds is 3. The molecule has 2 heterocycles. The minimum absolute atomic E-state index is 0.0859. The summed E-state index contributed by atoms with van der Waals surface area (Å²) in [6.45, 7) is 4.81. The Morgan fingerprint density at radius 1 is 1.17 bits per heavy atom. The van der Waals surface area contributed by atoms with E-state index in [-0.39, 0.29) is 18.8 Å². The molecular weight excluding hydrogens is 306 g/mol. The van der Waals surface area contributed by atoms with Gasteiger partial charge in [0.15, 0.2) is 11.5 Å². The molecule has 24 heavy (non-hydrogen) atoms. The Hall–Kier alpha value is -2.69. The highest BCUT2D eigenvalue weighted by Crippen LogP contribution is 2.40. The summed E-state index contributed by atoms with van der Waals surface area (Å²) in [5, 5.41) is 2.95. The van der Waals surface area contributed by atoms with Gasteiger partial charge in [0.2, 0.25) is 6.79 Å². The normalized spacial score (nSPS) is 20.4. The highest BCUT2D eigenvalue weighted by Gasteiger charge is 2.31. The number of carbonyl (C=O) groups is 1. The Morgan fingerprint density at radius 2 is 2.00 bits per heavy atom. The number of ether oxygens (including phenoxy) is 3. The van der Waals surface area contributed by atoms with Crippen molar-refractivity contribution in [3.8, 4) is 17.2 Å². The number of amides is 1. The molecule has 0 saturated heterocycles. The molecule has 0 aromatic heterocycles.